The zero-order chi connectivity index (χ0) is 10.3. The van der Waals surface area contributed by atoms with E-state index in [2.05, 4.69) is 52.7 Å². The summed E-state index contributed by atoms with van der Waals surface area (Å²) in [5, 5.41) is 1.20. The second-order valence-electron chi connectivity index (χ2n) is 4.52. The molecule has 74 valence electrons. The normalized spacial score (nSPS) is 12.3. The lowest BCUT2D eigenvalue weighted by atomic mass is 9.92. The van der Waals surface area contributed by atoms with Gasteiger partial charge in [-0.1, -0.05) is 20.8 Å². The molecular weight excluding hydrogens is 240 g/mol. The van der Waals surface area contributed by atoms with Gasteiger partial charge in [0.1, 0.15) is 0 Å². The summed E-state index contributed by atoms with van der Waals surface area (Å²) in [7, 11) is 0. The number of aromatic nitrogens is 2. The molecule has 0 radical (unpaired) electrons. The van der Waals surface area contributed by atoms with E-state index in [1.54, 1.807) is 0 Å². The van der Waals surface area contributed by atoms with Gasteiger partial charge in [0.25, 0.3) is 0 Å². The van der Waals surface area contributed by atoms with Crippen molar-refractivity contribution in [2.75, 3.05) is 0 Å². The van der Waals surface area contributed by atoms with Gasteiger partial charge in [-0.2, -0.15) is 0 Å². The third kappa shape index (κ3) is 1.57. The smallest absolute Gasteiger partial charge is 0.0654 e. The monoisotopic (exact) mass is 252 g/mol. The minimum Gasteiger partial charge on any atom is -0.357 e. The van der Waals surface area contributed by atoms with Crippen LogP contribution >= 0.6 is 15.9 Å². The van der Waals surface area contributed by atoms with Crippen molar-refractivity contribution >= 4 is 26.8 Å². The summed E-state index contributed by atoms with van der Waals surface area (Å²) in [6.07, 6.45) is 3.68. The van der Waals surface area contributed by atoms with E-state index in [1.807, 2.05) is 12.4 Å². The number of aromatic amines is 1. The van der Waals surface area contributed by atoms with Gasteiger partial charge in [0.05, 0.1) is 11.7 Å². The van der Waals surface area contributed by atoms with Crippen LogP contribution in [0.5, 0.6) is 0 Å². The molecule has 0 atom stereocenters. The molecule has 0 unspecified atom stereocenters. The zero-order valence-electron chi connectivity index (χ0n) is 8.56. The van der Waals surface area contributed by atoms with Crippen molar-refractivity contribution in [3.05, 3.63) is 28.6 Å². The Morgan fingerprint density at radius 1 is 1.29 bits per heavy atom. The molecule has 2 heterocycles. The largest absolute Gasteiger partial charge is 0.357 e. The predicted octanol–water partition coefficient (Wildman–Crippen LogP) is 3.62. The Bertz CT molecular complexity index is 466. The zero-order valence-corrected chi connectivity index (χ0v) is 10.1. The van der Waals surface area contributed by atoms with Gasteiger partial charge in [-0.15, -0.1) is 0 Å². The van der Waals surface area contributed by atoms with Crippen molar-refractivity contribution in [2.24, 2.45) is 0 Å². The highest BCUT2D eigenvalue weighted by molar-refractivity contribution is 9.10. The van der Waals surface area contributed by atoms with Crippen molar-refractivity contribution in [3.63, 3.8) is 0 Å². The number of rotatable bonds is 0. The number of H-pyrrole nitrogens is 1. The van der Waals surface area contributed by atoms with E-state index in [9.17, 15) is 0 Å². The van der Waals surface area contributed by atoms with E-state index in [1.165, 1.54) is 11.1 Å². The van der Waals surface area contributed by atoms with Crippen molar-refractivity contribution in [2.45, 2.75) is 26.2 Å². The number of fused-ring (bicyclic) bond motifs is 1. The SMILES string of the molecule is CC(C)(C)c1cc2c(Br)cncc2[nH]1. The molecule has 0 aliphatic carbocycles. The minimum absolute atomic E-state index is 0.151. The Morgan fingerprint density at radius 3 is 2.57 bits per heavy atom. The fraction of sp³-hybridized carbons (Fsp3) is 0.364. The fourth-order valence-electron chi connectivity index (χ4n) is 1.42. The summed E-state index contributed by atoms with van der Waals surface area (Å²) in [6, 6.07) is 2.18. The highest BCUT2D eigenvalue weighted by Crippen LogP contribution is 2.29. The van der Waals surface area contributed by atoms with Crippen molar-refractivity contribution in [1.29, 1.82) is 0 Å². The summed E-state index contributed by atoms with van der Waals surface area (Å²) in [5.74, 6) is 0. The number of hydrogen-bond acceptors (Lipinski definition) is 1. The minimum atomic E-state index is 0.151. The third-order valence-corrected chi connectivity index (χ3v) is 2.94. The van der Waals surface area contributed by atoms with Crippen molar-refractivity contribution in [3.8, 4) is 0 Å². The Kier molecular flexibility index (Phi) is 2.14. The van der Waals surface area contributed by atoms with Gasteiger partial charge in [-0.05, 0) is 22.0 Å². The van der Waals surface area contributed by atoms with Gasteiger partial charge >= 0.3 is 0 Å². The number of nitrogens with zero attached hydrogens (tertiary/aromatic N) is 1. The summed E-state index contributed by atoms with van der Waals surface area (Å²) < 4.78 is 1.04. The number of halogens is 1. The van der Waals surface area contributed by atoms with Gasteiger partial charge in [-0.3, -0.25) is 4.98 Å². The Hall–Kier alpha value is -0.830. The van der Waals surface area contributed by atoms with Crippen LogP contribution in [0.3, 0.4) is 0 Å². The van der Waals surface area contributed by atoms with Crippen molar-refractivity contribution < 1.29 is 0 Å². The van der Waals surface area contributed by atoms with Gasteiger partial charge < -0.3 is 4.98 Å². The molecule has 0 saturated carbocycles. The Balaban J connectivity index is 2.69. The molecule has 1 N–H and O–H groups in total. The summed E-state index contributed by atoms with van der Waals surface area (Å²) in [5.41, 5.74) is 2.48. The Morgan fingerprint density at radius 2 is 2.00 bits per heavy atom. The number of pyridine rings is 1. The van der Waals surface area contributed by atoms with Gasteiger partial charge in [0, 0.05) is 27.2 Å². The highest BCUT2D eigenvalue weighted by Gasteiger charge is 2.16. The van der Waals surface area contributed by atoms with Crippen LogP contribution in [0.15, 0.2) is 22.9 Å². The topological polar surface area (TPSA) is 28.7 Å². The Labute approximate surface area is 91.9 Å². The molecule has 0 saturated heterocycles. The lowest BCUT2D eigenvalue weighted by Gasteiger charge is -2.15. The average Bonchev–Trinajstić information content (AvgIpc) is 2.48. The maximum Gasteiger partial charge on any atom is 0.0654 e. The molecule has 0 bridgehead atoms. The second kappa shape index (κ2) is 3.09. The third-order valence-electron chi connectivity index (χ3n) is 2.31. The van der Waals surface area contributed by atoms with Crippen LogP contribution in [0.1, 0.15) is 26.5 Å². The van der Waals surface area contributed by atoms with Crippen molar-refractivity contribution in [1.82, 2.24) is 9.97 Å². The molecule has 2 nitrogen and oxygen atoms in total. The first-order chi connectivity index (χ1) is 6.48. The van der Waals surface area contributed by atoms with E-state index in [0.717, 1.165) is 9.99 Å². The number of nitrogens with one attached hydrogen (secondary N) is 1. The van der Waals surface area contributed by atoms with Gasteiger partial charge in [0.2, 0.25) is 0 Å². The van der Waals surface area contributed by atoms with Crippen LogP contribution < -0.4 is 0 Å². The number of hydrogen-bond donors (Lipinski definition) is 1. The highest BCUT2D eigenvalue weighted by atomic mass is 79.9. The molecule has 0 amide bonds. The van der Waals surface area contributed by atoms with E-state index in [4.69, 9.17) is 0 Å². The molecular formula is C11H13BrN2. The molecule has 2 rings (SSSR count). The summed E-state index contributed by atoms with van der Waals surface area (Å²) in [4.78, 5) is 7.51. The lowest BCUT2D eigenvalue weighted by Crippen LogP contribution is -2.10. The second-order valence-corrected chi connectivity index (χ2v) is 5.37. The van der Waals surface area contributed by atoms with E-state index < -0.39 is 0 Å². The van der Waals surface area contributed by atoms with Crippen LogP contribution in [0, 0.1) is 0 Å². The first-order valence-corrected chi connectivity index (χ1v) is 5.40. The van der Waals surface area contributed by atoms with Crippen LogP contribution in [-0.4, -0.2) is 9.97 Å². The lowest BCUT2D eigenvalue weighted by molar-refractivity contribution is 0.574. The maximum absolute atomic E-state index is 4.13. The summed E-state index contributed by atoms with van der Waals surface area (Å²) in [6.45, 7) is 6.58. The molecule has 0 fully saturated rings. The van der Waals surface area contributed by atoms with Crippen LogP contribution in [0.4, 0.5) is 0 Å². The molecule has 14 heavy (non-hydrogen) atoms. The molecule has 2 aromatic rings. The van der Waals surface area contributed by atoms with Crippen LogP contribution in [-0.2, 0) is 5.41 Å². The molecule has 2 aromatic heterocycles. The standard InChI is InChI=1S/C11H13BrN2/c1-11(2,3)10-4-7-8(12)5-13-6-9(7)14-10/h4-6,14H,1-3H3. The first-order valence-electron chi connectivity index (χ1n) is 4.61. The van der Waals surface area contributed by atoms with E-state index in [-0.39, 0.29) is 5.41 Å². The summed E-state index contributed by atoms with van der Waals surface area (Å²) >= 11 is 3.49. The van der Waals surface area contributed by atoms with Gasteiger partial charge in [0.15, 0.2) is 0 Å². The maximum atomic E-state index is 4.13. The average molecular weight is 253 g/mol. The molecule has 0 aliphatic heterocycles. The quantitative estimate of drug-likeness (QED) is 0.763. The van der Waals surface area contributed by atoms with Crippen LogP contribution in [0.2, 0.25) is 0 Å². The molecule has 0 aliphatic rings. The predicted molar refractivity (Wildman–Crippen MR) is 62.5 cm³/mol. The molecule has 0 spiro atoms. The van der Waals surface area contributed by atoms with Gasteiger partial charge in [-0.25, -0.2) is 0 Å². The molecule has 3 heteroatoms. The van der Waals surface area contributed by atoms with E-state index >= 15 is 0 Å². The van der Waals surface area contributed by atoms with E-state index in [0.29, 0.717) is 0 Å². The fourth-order valence-corrected chi connectivity index (χ4v) is 1.87. The first kappa shape index (κ1) is 9.71. The molecule has 0 aromatic carbocycles. The van der Waals surface area contributed by atoms with Crippen LogP contribution in [0.25, 0.3) is 10.9 Å².